The van der Waals surface area contributed by atoms with Gasteiger partial charge in [-0.2, -0.15) is 5.10 Å². The highest BCUT2D eigenvalue weighted by atomic mass is 32.1. The first-order valence-electron chi connectivity index (χ1n) is 9.15. The van der Waals surface area contributed by atoms with Gasteiger partial charge in [0.2, 0.25) is 0 Å². The maximum Gasteiger partial charge on any atom is 0.305 e. The molecule has 1 fully saturated rings. The van der Waals surface area contributed by atoms with Gasteiger partial charge in [-0.3, -0.25) is 9.59 Å². The molecule has 4 rings (SSSR count). The molecule has 1 aromatic carbocycles. The van der Waals surface area contributed by atoms with E-state index in [1.165, 1.54) is 11.3 Å². The molecule has 1 aliphatic rings. The number of benzene rings is 1. The molecule has 2 aromatic heterocycles. The molecule has 8 heteroatoms. The van der Waals surface area contributed by atoms with E-state index in [4.69, 9.17) is 0 Å². The normalized spacial score (nSPS) is 15.4. The second-order valence-corrected chi connectivity index (χ2v) is 7.92. The lowest BCUT2D eigenvalue weighted by Crippen LogP contribution is -2.47. The Morgan fingerprint density at radius 2 is 1.96 bits per heavy atom. The van der Waals surface area contributed by atoms with Crippen molar-refractivity contribution in [2.24, 2.45) is 0 Å². The van der Waals surface area contributed by atoms with Crippen molar-refractivity contribution in [2.45, 2.75) is 37.6 Å². The summed E-state index contributed by atoms with van der Waals surface area (Å²) in [5, 5.41) is 18.9. The van der Waals surface area contributed by atoms with Crippen molar-refractivity contribution < 1.29 is 14.7 Å². The second kappa shape index (κ2) is 7.55. The maximum atomic E-state index is 12.7. The van der Waals surface area contributed by atoms with Crippen molar-refractivity contribution in [2.75, 3.05) is 0 Å². The van der Waals surface area contributed by atoms with E-state index in [-0.39, 0.29) is 12.3 Å². The third-order valence-electron chi connectivity index (χ3n) is 5.02. The van der Waals surface area contributed by atoms with Crippen LogP contribution in [0.25, 0.3) is 16.3 Å². The molecule has 2 N–H and O–H groups in total. The van der Waals surface area contributed by atoms with Crippen LogP contribution in [0, 0.1) is 0 Å². The summed E-state index contributed by atoms with van der Waals surface area (Å²) in [7, 11) is 0. The fourth-order valence-corrected chi connectivity index (χ4v) is 4.43. The van der Waals surface area contributed by atoms with Crippen LogP contribution < -0.4 is 5.32 Å². The van der Waals surface area contributed by atoms with Gasteiger partial charge in [-0.15, -0.1) is 11.3 Å². The first kappa shape index (κ1) is 18.4. The number of carboxylic acids is 1. The van der Waals surface area contributed by atoms with Crippen molar-refractivity contribution in [1.29, 1.82) is 0 Å². The van der Waals surface area contributed by atoms with Crippen LogP contribution in [0.15, 0.2) is 48.1 Å². The molecule has 1 aliphatic carbocycles. The van der Waals surface area contributed by atoms with Gasteiger partial charge in [-0.25, -0.2) is 9.67 Å². The topological polar surface area (TPSA) is 97.1 Å². The lowest BCUT2D eigenvalue weighted by molar-refractivity contribution is -0.138. The summed E-state index contributed by atoms with van der Waals surface area (Å²) in [6, 6.07) is 9.75. The number of hydrogen-bond acceptors (Lipinski definition) is 5. The summed E-state index contributed by atoms with van der Waals surface area (Å²) < 4.78 is 1.76. The predicted octanol–water partition coefficient (Wildman–Crippen LogP) is 3.51. The summed E-state index contributed by atoms with van der Waals surface area (Å²) in [6.07, 6.45) is 6.76. The van der Waals surface area contributed by atoms with Crippen molar-refractivity contribution in [3.63, 3.8) is 0 Å². The molecule has 144 valence electrons. The van der Waals surface area contributed by atoms with Gasteiger partial charge in [0.25, 0.3) is 5.91 Å². The molecule has 0 radical (unpaired) electrons. The predicted molar refractivity (Wildman–Crippen MR) is 106 cm³/mol. The summed E-state index contributed by atoms with van der Waals surface area (Å²) in [5.74, 6) is -1.21. The van der Waals surface area contributed by atoms with Crippen LogP contribution >= 0.6 is 11.3 Å². The Balaban J connectivity index is 1.50. The van der Waals surface area contributed by atoms with Crippen LogP contribution in [0.5, 0.6) is 0 Å². The fourth-order valence-electron chi connectivity index (χ4n) is 3.66. The Hall–Kier alpha value is -3.00. The van der Waals surface area contributed by atoms with Crippen molar-refractivity contribution in [3.8, 4) is 16.3 Å². The Kier molecular flexibility index (Phi) is 4.95. The fraction of sp³-hybridized carbons (Fsp3) is 0.300. The quantitative estimate of drug-likeness (QED) is 0.664. The minimum atomic E-state index is -0.894. The Labute approximate surface area is 166 Å². The molecule has 7 nitrogen and oxygen atoms in total. The number of aliphatic carboxylic acids is 1. The number of thiazole rings is 1. The van der Waals surface area contributed by atoms with Crippen molar-refractivity contribution >= 4 is 23.2 Å². The number of carbonyl (C=O) groups excluding carboxylic acids is 1. The molecular weight excluding hydrogens is 376 g/mol. The number of aromatic nitrogens is 3. The molecule has 0 unspecified atom stereocenters. The number of para-hydroxylation sites is 1. The van der Waals surface area contributed by atoms with E-state index < -0.39 is 11.5 Å². The number of nitrogens with zero attached hydrogens (tertiary/aromatic N) is 3. The summed E-state index contributed by atoms with van der Waals surface area (Å²) >= 11 is 1.37. The molecule has 0 atom stereocenters. The van der Waals surface area contributed by atoms with E-state index in [1.54, 1.807) is 16.3 Å². The molecular formula is C20H20N4O3S. The van der Waals surface area contributed by atoms with Gasteiger partial charge in [0.15, 0.2) is 0 Å². The summed E-state index contributed by atoms with van der Waals surface area (Å²) in [6.45, 7) is 0. The van der Waals surface area contributed by atoms with Gasteiger partial charge in [0.05, 0.1) is 23.8 Å². The monoisotopic (exact) mass is 396 g/mol. The van der Waals surface area contributed by atoms with Crippen molar-refractivity contribution in [3.05, 3.63) is 53.8 Å². The highest BCUT2D eigenvalue weighted by Crippen LogP contribution is 2.33. The van der Waals surface area contributed by atoms with E-state index >= 15 is 0 Å². The number of hydrogen-bond donors (Lipinski definition) is 2. The molecule has 0 spiro atoms. The van der Waals surface area contributed by atoms with E-state index in [1.807, 2.05) is 36.5 Å². The highest BCUT2D eigenvalue weighted by molar-refractivity contribution is 7.13. The molecule has 0 saturated heterocycles. The third kappa shape index (κ3) is 3.82. The number of carbonyl (C=O) groups is 2. The molecule has 28 heavy (non-hydrogen) atoms. The van der Waals surface area contributed by atoms with Crippen LogP contribution in [0.2, 0.25) is 0 Å². The van der Waals surface area contributed by atoms with Gasteiger partial charge < -0.3 is 10.4 Å². The van der Waals surface area contributed by atoms with Crippen LogP contribution in [-0.4, -0.2) is 37.3 Å². The molecule has 0 aliphatic heterocycles. The largest absolute Gasteiger partial charge is 0.481 e. The van der Waals surface area contributed by atoms with E-state index in [2.05, 4.69) is 15.4 Å². The van der Waals surface area contributed by atoms with Crippen molar-refractivity contribution in [1.82, 2.24) is 20.1 Å². The van der Waals surface area contributed by atoms with Crippen LogP contribution in [0.4, 0.5) is 0 Å². The zero-order valence-corrected chi connectivity index (χ0v) is 16.0. The van der Waals surface area contributed by atoms with Crippen LogP contribution in [0.3, 0.4) is 0 Å². The summed E-state index contributed by atoms with van der Waals surface area (Å²) in [4.78, 5) is 28.3. The van der Waals surface area contributed by atoms with Gasteiger partial charge >= 0.3 is 5.97 Å². The number of nitrogens with one attached hydrogen (secondary N) is 1. The SMILES string of the molecule is O=C(O)CC1(NC(=O)c2csc(-c3cnn(-c4ccccc4)c3)n2)CCCC1. The van der Waals surface area contributed by atoms with E-state index in [0.29, 0.717) is 23.5 Å². The van der Waals surface area contributed by atoms with Gasteiger partial charge in [-0.1, -0.05) is 31.0 Å². The van der Waals surface area contributed by atoms with Crippen LogP contribution in [0.1, 0.15) is 42.6 Å². The minimum Gasteiger partial charge on any atom is -0.481 e. The Bertz CT molecular complexity index is 990. The first-order chi connectivity index (χ1) is 13.5. The highest BCUT2D eigenvalue weighted by Gasteiger charge is 2.38. The standard InChI is InChI=1S/C20H20N4O3S/c25-17(26)10-20(8-4-5-9-20)23-18(27)16-13-28-19(22-16)14-11-21-24(12-14)15-6-2-1-3-7-15/h1-3,6-7,11-13H,4-5,8-10H2,(H,23,27)(H,25,26). The van der Waals surface area contributed by atoms with E-state index in [0.717, 1.165) is 24.1 Å². The molecule has 0 bridgehead atoms. The third-order valence-corrected chi connectivity index (χ3v) is 5.91. The van der Waals surface area contributed by atoms with Gasteiger partial charge in [-0.05, 0) is 25.0 Å². The Morgan fingerprint density at radius 3 is 2.68 bits per heavy atom. The molecule has 1 amide bonds. The zero-order valence-electron chi connectivity index (χ0n) is 15.2. The molecule has 2 heterocycles. The second-order valence-electron chi connectivity index (χ2n) is 7.06. The lowest BCUT2D eigenvalue weighted by Gasteiger charge is -2.28. The van der Waals surface area contributed by atoms with E-state index in [9.17, 15) is 14.7 Å². The molecule has 1 saturated carbocycles. The number of carboxylic acid groups (broad SMARTS) is 1. The first-order valence-corrected chi connectivity index (χ1v) is 10.0. The van der Waals surface area contributed by atoms with Gasteiger partial charge in [0, 0.05) is 17.1 Å². The Morgan fingerprint density at radius 1 is 1.21 bits per heavy atom. The average molecular weight is 396 g/mol. The molecule has 3 aromatic rings. The zero-order chi connectivity index (χ0) is 19.6. The minimum absolute atomic E-state index is 0.0560. The van der Waals surface area contributed by atoms with Crippen LogP contribution in [-0.2, 0) is 4.79 Å². The summed E-state index contributed by atoms with van der Waals surface area (Å²) in [5.41, 5.74) is 1.42. The van der Waals surface area contributed by atoms with Gasteiger partial charge in [0.1, 0.15) is 10.7 Å². The smallest absolute Gasteiger partial charge is 0.305 e. The number of rotatable bonds is 6. The lowest BCUT2D eigenvalue weighted by atomic mass is 9.93. The maximum absolute atomic E-state index is 12.7. The average Bonchev–Trinajstić information content (AvgIpc) is 3.42. The number of amides is 1.